The van der Waals surface area contributed by atoms with E-state index < -0.39 is 0 Å². The number of hydrogen-bond acceptors (Lipinski definition) is 2. The number of rotatable bonds is 37. The fourth-order valence-electron chi connectivity index (χ4n) is 6.03. The Hall–Kier alpha value is -0.640. The Kier molecular flexibility index (Phi) is 35.7. The molecule has 3 heteroatoms. The van der Waals surface area contributed by atoms with Gasteiger partial charge in [0.15, 0.2) is 0 Å². The highest BCUT2D eigenvalue weighted by Gasteiger charge is 2.19. The first-order chi connectivity index (χ1) is 22.0. The molecule has 0 fully saturated rings. The van der Waals surface area contributed by atoms with Crippen LogP contribution in [-0.2, 0) is 9.47 Å². The minimum Gasteiger partial charge on any atom is -0.379 e. The normalized spacial score (nSPS) is 13.1. The number of quaternary nitrogens is 1. The molecule has 0 aromatic heterocycles. The zero-order valence-electron chi connectivity index (χ0n) is 31.8. The average molecular weight is 635 g/mol. The molecule has 0 heterocycles. The Morgan fingerprint density at radius 2 is 0.756 bits per heavy atom. The molecule has 0 saturated heterocycles. The van der Waals surface area contributed by atoms with E-state index in [9.17, 15) is 0 Å². The molecule has 0 N–H and O–H groups in total. The molecular formula is C42H84NO2+. The predicted molar refractivity (Wildman–Crippen MR) is 202 cm³/mol. The Morgan fingerprint density at radius 3 is 1.13 bits per heavy atom. The minimum absolute atomic E-state index is 0.210. The van der Waals surface area contributed by atoms with Crippen molar-refractivity contribution in [2.45, 2.75) is 200 Å². The van der Waals surface area contributed by atoms with Gasteiger partial charge in [0.2, 0.25) is 0 Å². The van der Waals surface area contributed by atoms with Crippen molar-refractivity contribution in [3.05, 3.63) is 24.3 Å². The highest BCUT2D eigenvalue weighted by molar-refractivity contribution is 4.82. The van der Waals surface area contributed by atoms with Gasteiger partial charge in [-0.2, -0.15) is 0 Å². The molecule has 0 aliphatic heterocycles. The lowest BCUT2D eigenvalue weighted by atomic mass is 10.1. The van der Waals surface area contributed by atoms with Crippen molar-refractivity contribution in [1.82, 2.24) is 0 Å². The largest absolute Gasteiger partial charge is 0.379 e. The Labute approximate surface area is 285 Å². The molecule has 0 aliphatic carbocycles. The van der Waals surface area contributed by atoms with E-state index in [1.807, 2.05) is 0 Å². The van der Waals surface area contributed by atoms with Gasteiger partial charge in [0, 0.05) is 13.2 Å². The second-order valence-electron chi connectivity index (χ2n) is 14.9. The molecule has 268 valence electrons. The van der Waals surface area contributed by atoms with Gasteiger partial charge in [-0.1, -0.05) is 154 Å². The van der Waals surface area contributed by atoms with Gasteiger partial charge in [-0.15, -0.1) is 0 Å². The maximum absolute atomic E-state index is 6.32. The van der Waals surface area contributed by atoms with E-state index in [1.54, 1.807) is 0 Å². The monoisotopic (exact) mass is 635 g/mol. The van der Waals surface area contributed by atoms with Crippen LogP contribution in [0.3, 0.4) is 0 Å². The molecule has 0 radical (unpaired) electrons. The smallest absolute Gasteiger partial charge is 0.130 e. The van der Waals surface area contributed by atoms with Gasteiger partial charge >= 0.3 is 0 Å². The van der Waals surface area contributed by atoms with Crippen molar-refractivity contribution < 1.29 is 14.0 Å². The molecule has 0 rings (SSSR count). The maximum Gasteiger partial charge on any atom is 0.130 e. The molecule has 0 aliphatic rings. The summed E-state index contributed by atoms with van der Waals surface area (Å²) in [6.07, 6.45) is 47.6. The van der Waals surface area contributed by atoms with Crippen LogP contribution >= 0.6 is 0 Å². The summed E-state index contributed by atoms with van der Waals surface area (Å²) in [5.74, 6) is 0. The summed E-state index contributed by atoms with van der Waals surface area (Å²) in [4.78, 5) is 0. The van der Waals surface area contributed by atoms with Gasteiger partial charge in [0.1, 0.15) is 12.6 Å². The van der Waals surface area contributed by atoms with Crippen LogP contribution in [-0.4, -0.2) is 58.1 Å². The van der Waals surface area contributed by atoms with Crippen LogP contribution < -0.4 is 0 Å². The topological polar surface area (TPSA) is 18.5 Å². The van der Waals surface area contributed by atoms with E-state index in [-0.39, 0.29) is 6.10 Å². The van der Waals surface area contributed by atoms with Crippen LogP contribution in [0, 0.1) is 0 Å². The quantitative estimate of drug-likeness (QED) is 0.0384. The van der Waals surface area contributed by atoms with E-state index >= 15 is 0 Å². The summed E-state index contributed by atoms with van der Waals surface area (Å²) in [5.41, 5.74) is 0. The standard InChI is InChI=1S/C42H84NO2/c1-6-8-10-12-14-16-18-20-22-24-26-28-30-32-34-36-38-44-41-42(40-43(3,4)5)45-39-37-35-33-31-29-27-25-23-21-19-17-15-13-11-9-7-2/h20-23,42H,6-19,24-41H2,1-5H3/q+1. The lowest BCUT2D eigenvalue weighted by Crippen LogP contribution is -2.44. The van der Waals surface area contributed by atoms with E-state index in [4.69, 9.17) is 9.47 Å². The molecule has 0 aromatic carbocycles. The number of hydrogen-bond donors (Lipinski definition) is 0. The molecule has 0 bridgehead atoms. The first kappa shape index (κ1) is 44.4. The highest BCUT2D eigenvalue weighted by atomic mass is 16.5. The van der Waals surface area contributed by atoms with Crippen LogP contribution in [0.1, 0.15) is 194 Å². The first-order valence-corrected chi connectivity index (χ1v) is 20.3. The summed E-state index contributed by atoms with van der Waals surface area (Å²) in [6, 6.07) is 0. The summed E-state index contributed by atoms with van der Waals surface area (Å²) in [7, 11) is 6.77. The Bertz CT molecular complexity index is 608. The number of nitrogens with zero attached hydrogens (tertiary/aromatic N) is 1. The summed E-state index contributed by atoms with van der Waals surface area (Å²) < 4.78 is 13.3. The Morgan fingerprint density at radius 1 is 0.422 bits per heavy atom. The van der Waals surface area contributed by atoms with Gasteiger partial charge < -0.3 is 14.0 Å². The molecule has 0 saturated carbocycles. The molecule has 3 nitrogen and oxygen atoms in total. The predicted octanol–water partition coefficient (Wildman–Crippen LogP) is 13.2. The van der Waals surface area contributed by atoms with Crippen molar-refractivity contribution >= 4 is 0 Å². The van der Waals surface area contributed by atoms with Gasteiger partial charge in [-0.3, -0.25) is 0 Å². The second-order valence-corrected chi connectivity index (χ2v) is 14.9. The SMILES string of the molecule is CCCCCCCCC=CCCCCCCCCOCC(C[N+](C)(C)C)OCCCCCCCCC=CCCCCCCCC. The van der Waals surface area contributed by atoms with E-state index in [1.165, 1.54) is 180 Å². The van der Waals surface area contributed by atoms with Gasteiger partial charge in [0.25, 0.3) is 0 Å². The fourth-order valence-corrected chi connectivity index (χ4v) is 6.03. The van der Waals surface area contributed by atoms with Crippen LogP contribution in [0.25, 0.3) is 0 Å². The fraction of sp³-hybridized carbons (Fsp3) is 0.905. The second kappa shape index (κ2) is 36.2. The van der Waals surface area contributed by atoms with Crippen molar-refractivity contribution in [2.75, 3.05) is 47.5 Å². The highest BCUT2D eigenvalue weighted by Crippen LogP contribution is 2.12. The zero-order valence-corrected chi connectivity index (χ0v) is 31.8. The lowest BCUT2D eigenvalue weighted by Gasteiger charge is -2.29. The van der Waals surface area contributed by atoms with Crippen molar-refractivity contribution in [3.8, 4) is 0 Å². The van der Waals surface area contributed by atoms with E-state index in [0.29, 0.717) is 0 Å². The first-order valence-electron chi connectivity index (χ1n) is 20.3. The average Bonchev–Trinajstić information content (AvgIpc) is 3.01. The summed E-state index contributed by atoms with van der Waals surface area (Å²) in [5, 5.41) is 0. The third-order valence-electron chi connectivity index (χ3n) is 8.87. The van der Waals surface area contributed by atoms with Crippen molar-refractivity contribution in [3.63, 3.8) is 0 Å². The molecule has 1 atom stereocenters. The van der Waals surface area contributed by atoms with Gasteiger partial charge in [-0.05, 0) is 64.2 Å². The summed E-state index contributed by atoms with van der Waals surface area (Å²) >= 11 is 0. The number of ether oxygens (including phenoxy) is 2. The Balaban J connectivity index is 3.63. The number of likely N-dealkylation sites (N-methyl/N-ethyl adjacent to an activating group) is 1. The third kappa shape index (κ3) is 39.5. The van der Waals surface area contributed by atoms with Crippen LogP contribution in [0.4, 0.5) is 0 Å². The van der Waals surface area contributed by atoms with Gasteiger partial charge in [0.05, 0.1) is 27.7 Å². The third-order valence-corrected chi connectivity index (χ3v) is 8.87. The molecule has 0 spiro atoms. The van der Waals surface area contributed by atoms with Crippen LogP contribution in [0.5, 0.6) is 0 Å². The van der Waals surface area contributed by atoms with Gasteiger partial charge in [-0.25, -0.2) is 0 Å². The number of allylic oxidation sites excluding steroid dienone is 4. The van der Waals surface area contributed by atoms with Crippen molar-refractivity contribution in [2.24, 2.45) is 0 Å². The summed E-state index contributed by atoms with van der Waals surface area (Å²) in [6.45, 7) is 8.10. The number of unbranched alkanes of at least 4 members (excludes halogenated alkanes) is 24. The lowest BCUT2D eigenvalue weighted by molar-refractivity contribution is -0.873. The molecular weight excluding hydrogens is 550 g/mol. The molecule has 1 unspecified atom stereocenters. The van der Waals surface area contributed by atoms with Crippen molar-refractivity contribution in [1.29, 1.82) is 0 Å². The zero-order chi connectivity index (χ0) is 32.9. The minimum atomic E-state index is 0.210. The van der Waals surface area contributed by atoms with E-state index in [2.05, 4.69) is 59.3 Å². The van der Waals surface area contributed by atoms with E-state index in [0.717, 1.165) is 30.8 Å². The molecule has 0 amide bonds. The van der Waals surface area contributed by atoms with Crippen LogP contribution in [0.15, 0.2) is 24.3 Å². The maximum atomic E-state index is 6.32. The molecule has 45 heavy (non-hydrogen) atoms. The molecule has 0 aromatic rings. The van der Waals surface area contributed by atoms with Crippen LogP contribution in [0.2, 0.25) is 0 Å².